The fraction of sp³-hybridized carbons (Fsp3) is 0.250. The van der Waals surface area contributed by atoms with E-state index in [4.69, 9.17) is 16.3 Å². The molecule has 0 unspecified atom stereocenters. The highest BCUT2D eigenvalue weighted by atomic mass is 35.5. The van der Waals surface area contributed by atoms with E-state index >= 15 is 0 Å². The van der Waals surface area contributed by atoms with E-state index in [1.165, 1.54) is 0 Å². The molecule has 0 spiro atoms. The summed E-state index contributed by atoms with van der Waals surface area (Å²) in [6.45, 7) is 1.51. The minimum Gasteiger partial charge on any atom is -0.456 e. The van der Waals surface area contributed by atoms with E-state index in [1.54, 1.807) is 29.5 Å². The van der Waals surface area contributed by atoms with Gasteiger partial charge in [-0.2, -0.15) is 0 Å². The quantitative estimate of drug-likeness (QED) is 0.815. The Labute approximate surface area is 138 Å². The summed E-state index contributed by atoms with van der Waals surface area (Å²) in [4.78, 5) is 24.5. The first-order chi connectivity index (χ1) is 10.6. The van der Waals surface area contributed by atoms with Gasteiger partial charge >= 0.3 is 5.97 Å². The lowest BCUT2D eigenvalue weighted by atomic mass is 10.2. The number of hydrogen-bond donors (Lipinski definition) is 1. The summed E-state index contributed by atoms with van der Waals surface area (Å²) in [7, 11) is 0. The molecule has 2 rings (SSSR count). The number of thiophene rings is 1. The Morgan fingerprint density at radius 3 is 2.82 bits per heavy atom. The Bertz CT molecular complexity index is 655. The Balaban J connectivity index is 1.75. The standard InChI is InChI=1S/C16H16ClNO3S/c1-11-13(17)5-2-6-14(11)18-15(19)10-21-16(20)8-7-12-4-3-9-22-12/h2-6,9H,7-8,10H2,1H3,(H,18,19). The topological polar surface area (TPSA) is 55.4 Å². The van der Waals surface area contributed by atoms with Crippen LogP contribution in [0.15, 0.2) is 35.7 Å². The maximum Gasteiger partial charge on any atom is 0.306 e. The summed E-state index contributed by atoms with van der Waals surface area (Å²) < 4.78 is 4.97. The lowest BCUT2D eigenvalue weighted by molar-refractivity contribution is -0.147. The fourth-order valence-electron chi connectivity index (χ4n) is 1.83. The van der Waals surface area contributed by atoms with Crippen LogP contribution in [0.5, 0.6) is 0 Å². The molecule has 4 nitrogen and oxygen atoms in total. The van der Waals surface area contributed by atoms with Crippen LogP contribution in [0.4, 0.5) is 5.69 Å². The summed E-state index contributed by atoms with van der Waals surface area (Å²) in [5.74, 6) is -0.763. The predicted molar refractivity (Wildman–Crippen MR) is 88.4 cm³/mol. The third-order valence-electron chi connectivity index (χ3n) is 3.06. The highest BCUT2D eigenvalue weighted by molar-refractivity contribution is 7.09. The minimum absolute atomic E-state index is 0.268. The van der Waals surface area contributed by atoms with Gasteiger partial charge in [0.05, 0.1) is 6.42 Å². The molecule has 0 atom stereocenters. The van der Waals surface area contributed by atoms with Crippen LogP contribution in [0.25, 0.3) is 0 Å². The van der Waals surface area contributed by atoms with E-state index in [0.29, 0.717) is 17.1 Å². The Morgan fingerprint density at radius 2 is 2.09 bits per heavy atom. The zero-order chi connectivity index (χ0) is 15.9. The summed E-state index contributed by atoms with van der Waals surface area (Å²) in [6, 6.07) is 9.14. The average Bonchev–Trinajstić information content (AvgIpc) is 3.01. The molecule has 1 amide bonds. The molecular weight excluding hydrogens is 322 g/mol. The van der Waals surface area contributed by atoms with E-state index in [-0.39, 0.29) is 24.9 Å². The van der Waals surface area contributed by atoms with Crippen molar-refractivity contribution < 1.29 is 14.3 Å². The van der Waals surface area contributed by atoms with Gasteiger partial charge in [-0.25, -0.2) is 0 Å². The number of amides is 1. The first-order valence-corrected chi connectivity index (χ1v) is 8.05. The fourth-order valence-corrected chi connectivity index (χ4v) is 2.71. The van der Waals surface area contributed by atoms with Gasteiger partial charge in [0.1, 0.15) is 0 Å². The van der Waals surface area contributed by atoms with E-state index < -0.39 is 0 Å². The molecule has 0 aliphatic carbocycles. The van der Waals surface area contributed by atoms with Gasteiger partial charge in [-0.05, 0) is 42.5 Å². The number of benzene rings is 1. The van der Waals surface area contributed by atoms with Gasteiger partial charge in [-0.15, -0.1) is 11.3 Å². The molecule has 22 heavy (non-hydrogen) atoms. The van der Waals surface area contributed by atoms with Crippen molar-refractivity contribution in [3.63, 3.8) is 0 Å². The molecule has 0 aliphatic rings. The predicted octanol–water partition coefficient (Wildman–Crippen LogP) is 3.82. The van der Waals surface area contributed by atoms with E-state index in [2.05, 4.69) is 5.32 Å². The lowest BCUT2D eigenvalue weighted by Crippen LogP contribution is -2.21. The normalized spacial score (nSPS) is 10.3. The number of halogens is 1. The number of carbonyl (C=O) groups excluding carboxylic acids is 2. The van der Waals surface area contributed by atoms with Gasteiger partial charge in [0.15, 0.2) is 6.61 Å². The van der Waals surface area contributed by atoms with Gasteiger partial charge in [0.2, 0.25) is 0 Å². The van der Waals surface area contributed by atoms with Crippen molar-refractivity contribution in [2.24, 2.45) is 0 Å². The van der Waals surface area contributed by atoms with E-state index in [1.807, 2.05) is 24.4 Å². The number of esters is 1. The van der Waals surface area contributed by atoms with Crippen molar-refractivity contribution in [3.8, 4) is 0 Å². The summed E-state index contributed by atoms with van der Waals surface area (Å²) >= 11 is 7.57. The smallest absolute Gasteiger partial charge is 0.306 e. The SMILES string of the molecule is Cc1c(Cl)cccc1NC(=O)COC(=O)CCc1cccs1. The minimum atomic E-state index is -0.383. The number of aryl methyl sites for hydroxylation is 1. The molecule has 0 bridgehead atoms. The van der Waals surface area contributed by atoms with Crippen LogP contribution in [-0.2, 0) is 20.7 Å². The molecule has 2 aromatic rings. The van der Waals surface area contributed by atoms with Crippen LogP contribution >= 0.6 is 22.9 Å². The van der Waals surface area contributed by atoms with Gasteiger partial charge < -0.3 is 10.1 Å². The molecule has 0 saturated heterocycles. The first kappa shape index (κ1) is 16.5. The molecule has 6 heteroatoms. The van der Waals surface area contributed by atoms with E-state index in [9.17, 15) is 9.59 Å². The number of anilines is 1. The summed E-state index contributed by atoms with van der Waals surface area (Å²) in [5, 5.41) is 5.21. The van der Waals surface area contributed by atoms with Gasteiger partial charge in [-0.3, -0.25) is 9.59 Å². The molecule has 0 fully saturated rings. The van der Waals surface area contributed by atoms with E-state index in [0.717, 1.165) is 10.4 Å². The second kappa shape index (κ2) is 7.96. The summed E-state index contributed by atoms with van der Waals surface area (Å²) in [5.41, 5.74) is 1.40. The average molecular weight is 338 g/mol. The zero-order valence-electron chi connectivity index (χ0n) is 12.1. The third-order valence-corrected chi connectivity index (χ3v) is 4.41. The number of rotatable bonds is 6. The van der Waals surface area contributed by atoms with Crippen LogP contribution < -0.4 is 5.32 Å². The zero-order valence-corrected chi connectivity index (χ0v) is 13.7. The Morgan fingerprint density at radius 1 is 1.27 bits per heavy atom. The monoisotopic (exact) mass is 337 g/mol. The third kappa shape index (κ3) is 4.86. The first-order valence-electron chi connectivity index (χ1n) is 6.79. The van der Waals surface area contributed by atoms with Crippen molar-refractivity contribution in [2.75, 3.05) is 11.9 Å². The number of carbonyl (C=O) groups is 2. The van der Waals surface area contributed by atoms with Crippen molar-refractivity contribution in [3.05, 3.63) is 51.2 Å². The molecule has 0 aliphatic heterocycles. The van der Waals surface area contributed by atoms with Gasteiger partial charge in [0.25, 0.3) is 5.91 Å². The molecule has 0 radical (unpaired) electrons. The van der Waals surface area contributed by atoms with Crippen LogP contribution in [0.1, 0.15) is 16.9 Å². The second-order valence-electron chi connectivity index (χ2n) is 4.70. The molecule has 116 valence electrons. The molecule has 1 aromatic carbocycles. The highest BCUT2D eigenvalue weighted by Gasteiger charge is 2.10. The van der Waals surface area contributed by atoms with Crippen molar-refractivity contribution in [1.29, 1.82) is 0 Å². The molecule has 1 heterocycles. The molecule has 1 N–H and O–H groups in total. The van der Waals surface area contributed by atoms with Crippen molar-refractivity contribution in [1.82, 2.24) is 0 Å². The second-order valence-corrected chi connectivity index (χ2v) is 6.14. The molecule has 1 aromatic heterocycles. The number of hydrogen-bond acceptors (Lipinski definition) is 4. The van der Waals surface area contributed by atoms with Gasteiger partial charge in [-0.1, -0.05) is 23.7 Å². The molecule has 0 saturated carbocycles. The number of nitrogens with one attached hydrogen (secondary N) is 1. The Kier molecular flexibility index (Phi) is 5.98. The maximum absolute atomic E-state index is 11.8. The molecular formula is C16H16ClNO3S. The van der Waals surface area contributed by atoms with Crippen molar-refractivity contribution >= 4 is 40.5 Å². The lowest BCUT2D eigenvalue weighted by Gasteiger charge is -2.09. The Hall–Kier alpha value is -1.85. The van der Waals surface area contributed by atoms with Crippen LogP contribution in [-0.4, -0.2) is 18.5 Å². The van der Waals surface area contributed by atoms with Crippen LogP contribution in [0.3, 0.4) is 0 Å². The highest BCUT2D eigenvalue weighted by Crippen LogP contribution is 2.22. The van der Waals surface area contributed by atoms with Crippen LogP contribution in [0, 0.1) is 6.92 Å². The van der Waals surface area contributed by atoms with Gasteiger partial charge in [0, 0.05) is 15.6 Å². The largest absolute Gasteiger partial charge is 0.456 e. The number of ether oxygens (including phenoxy) is 1. The summed E-state index contributed by atoms with van der Waals surface area (Å²) in [6.07, 6.45) is 0.898. The van der Waals surface area contributed by atoms with Crippen LogP contribution in [0.2, 0.25) is 5.02 Å². The maximum atomic E-state index is 11.8. The van der Waals surface area contributed by atoms with Crippen molar-refractivity contribution in [2.45, 2.75) is 19.8 Å².